The highest BCUT2D eigenvalue weighted by molar-refractivity contribution is 7.09. The fraction of sp³-hybridized carbons (Fsp3) is 0.250. The number of aryl methyl sites for hydroxylation is 1. The zero-order valence-corrected chi connectivity index (χ0v) is 15.9. The highest BCUT2D eigenvalue weighted by Gasteiger charge is 2.23. The summed E-state index contributed by atoms with van der Waals surface area (Å²) in [6.45, 7) is 3.70. The van der Waals surface area contributed by atoms with Gasteiger partial charge in [0.1, 0.15) is 0 Å². The van der Waals surface area contributed by atoms with E-state index in [9.17, 15) is 0 Å². The largest absolute Gasteiger partial charge is 0.343 e. The van der Waals surface area contributed by atoms with Gasteiger partial charge in [-0.2, -0.15) is 9.36 Å². The Morgan fingerprint density at radius 2 is 1.52 bits per heavy atom. The van der Waals surface area contributed by atoms with Gasteiger partial charge in [-0.15, -0.1) is 0 Å². The Labute approximate surface area is 161 Å². The van der Waals surface area contributed by atoms with Crippen molar-refractivity contribution in [3.8, 4) is 11.4 Å². The van der Waals surface area contributed by atoms with E-state index in [1.807, 2.05) is 24.3 Å². The molecule has 1 fully saturated rings. The van der Waals surface area contributed by atoms with E-state index in [0.29, 0.717) is 0 Å². The molecule has 0 saturated carbocycles. The van der Waals surface area contributed by atoms with Crippen molar-refractivity contribution < 1.29 is 0 Å². The van der Waals surface area contributed by atoms with Crippen molar-refractivity contribution in [3.63, 3.8) is 0 Å². The van der Waals surface area contributed by atoms with Crippen molar-refractivity contribution in [1.29, 1.82) is 0 Å². The van der Waals surface area contributed by atoms with Crippen molar-refractivity contribution in [2.24, 2.45) is 7.05 Å². The third-order valence-electron chi connectivity index (χ3n) is 5.04. The predicted molar refractivity (Wildman–Crippen MR) is 110 cm³/mol. The minimum Gasteiger partial charge on any atom is -0.343 e. The highest BCUT2D eigenvalue weighted by atomic mass is 32.1. The van der Waals surface area contributed by atoms with Gasteiger partial charge in [-0.3, -0.25) is 0 Å². The SMILES string of the molecule is Cn1c(N2CCN(c3nc(-c4ccccc4)ns3)CC2)nc2ccccc21. The fourth-order valence-corrected chi connectivity index (χ4v) is 4.30. The van der Waals surface area contributed by atoms with Crippen LogP contribution in [0.15, 0.2) is 54.6 Å². The summed E-state index contributed by atoms with van der Waals surface area (Å²) >= 11 is 1.48. The third kappa shape index (κ3) is 2.94. The summed E-state index contributed by atoms with van der Waals surface area (Å²) < 4.78 is 6.72. The van der Waals surface area contributed by atoms with Crippen molar-refractivity contribution in [1.82, 2.24) is 18.9 Å². The van der Waals surface area contributed by atoms with Crippen LogP contribution in [-0.2, 0) is 7.05 Å². The Kier molecular flexibility index (Phi) is 4.01. The van der Waals surface area contributed by atoms with Crippen molar-refractivity contribution in [3.05, 3.63) is 54.6 Å². The van der Waals surface area contributed by atoms with E-state index in [4.69, 9.17) is 9.97 Å². The predicted octanol–water partition coefficient (Wildman–Crippen LogP) is 3.42. The maximum atomic E-state index is 4.82. The Morgan fingerprint density at radius 3 is 2.30 bits per heavy atom. The lowest BCUT2D eigenvalue weighted by Gasteiger charge is -2.34. The lowest BCUT2D eigenvalue weighted by Crippen LogP contribution is -2.47. The van der Waals surface area contributed by atoms with Crippen LogP contribution in [0.25, 0.3) is 22.4 Å². The molecule has 0 unspecified atom stereocenters. The van der Waals surface area contributed by atoms with E-state index in [1.165, 1.54) is 17.0 Å². The van der Waals surface area contributed by atoms with Crippen molar-refractivity contribution >= 4 is 33.6 Å². The first-order valence-corrected chi connectivity index (χ1v) is 9.87. The van der Waals surface area contributed by atoms with Crippen LogP contribution in [0.3, 0.4) is 0 Å². The molecule has 1 saturated heterocycles. The quantitative estimate of drug-likeness (QED) is 0.548. The number of anilines is 2. The molecule has 0 N–H and O–H groups in total. The van der Waals surface area contributed by atoms with Gasteiger partial charge in [0.05, 0.1) is 11.0 Å². The number of rotatable bonds is 3. The lowest BCUT2D eigenvalue weighted by atomic mass is 10.2. The first-order valence-electron chi connectivity index (χ1n) is 9.10. The van der Waals surface area contributed by atoms with Gasteiger partial charge in [0.2, 0.25) is 11.1 Å². The summed E-state index contributed by atoms with van der Waals surface area (Å²) in [5.74, 6) is 1.85. The molecule has 7 heteroatoms. The molecule has 2 aromatic carbocycles. The summed E-state index contributed by atoms with van der Waals surface area (Å²) in [7, 11) is 2.09. The highest BCUT2D eigenvalue weighted by Crippen LogP contribution is 2.26. The molecule has 1 aliphatic rings. The monoisotopic (exact) mass is 376 g/mol. The summed E-state index contributed by atoms with van der Waals surface area (Å²) in [5.41, 5.74) is 3.29. The third-order valence-corrected chi connectivity index (χ3v) is 5.82. The van der Waals surface area contributed by atoms with Gasteiger partial charge < -0.3 is 14.4 Å². The maximum absolute atomic E-state index is 4.82. The molecule has 0 aliphatic carbocycles. The molecule has 0 radical (unpaired) electrons. The number of piperazine rings is 1. The van der Waals surface area contributed by atoms with Crippen LogP contribution in [0.4, 0.5) is 11.1 Å². The molecule has 0 bridgehead atoms. The fourth-order valence-electron chi connectivity index (χ4n) is 3.56. The minimum atomic E-state index is 0.813. The van der Waals surface area contributed by atoms with Crippen LogP contribution in [0, 0.1) is 0 Å². The molecule has 1 aliphatic heterocycles. The lowest BCUT2D eigenvalue weighted by molar-refractivity contribution is 0.631. The number of benzene rings is 2. The topological polar surface area (TPSA) is 50.1 Å². The van der Waals surface area contributed by atoms with Crippen LogP contribution < -0.4 is 9.80 Å². The molecule has 136 valence electrons. The zero-order chi connectivity index (χ0) is 18.2. The van der Waals surface area contributed by atoms with Gasteiger partial charge in [0.15, 0.2) is 5.82 Å². The Balaban J connectivity index is 1.31. The molecule has 4 aromatic rings. The minimum absolute atomic E-state index is 0.813. The van der Waals surface area contributed by atoms with Crippen LogP contribution >= 0.6 is 11.5 Å². The molecule has 3 heterocycles. The second-order valence-corrected chi connectivity index (χ2v) is 7.43. The number of fused-ring (bicyclic) bond motifs is 1. The van der Waals surface area contributed by atoms with Crippen LogP contribution in [-0.4, -0.2) is 45.1 Å². The Bertz CT molecular complexity index is 1060. The molecule has 5 rings (SSSR count). The van der Waals surface area contributed by atoms with Gasteiger partial charge >= 0.3 is 0 Å². The Morgan fingerprint density at radius 1 is 0.815 bits per heavy atom. The first-order chi connectivity index (χ1) is 13.3. The zero-order valence-electron chi connectivity index (χ0n) is 15.1. The molecule has 27 heavy (non-hydrogen) atoms. The van der Waals surface area contributed by atoms with E-state index in [0.717, 1.165) is 54.2 Å². The second-order valence-electron chi connectivity index (χ2n) is 6.70. The van der Waals surface area contributed by atoms with Crippen LogP contribution in [0.1, 0.15) is 0 Å². The average Bonchev–Trinajstić information content (AvgIpc) is 3.35. The summed E-state index contributed by atoms with van der Waals surface area (Å²) in [6, 6.07) is 18.4. The first kappa shape index (κ1) is 16.3. The Hall–Kier alpha value is -2.93. The van der Waals surface area contributed by atoms with Gasteiger partial charge in [0, 0.05) is 50.3 Å². The van der Waals surface area contributed by atoms with E-state index in [-0.39, 0.29) is 0 Å². The van der Waals surface area contributed by atoms with Crippen LogP contribution in [0.5, 0.6) is 0 Å². The average molecular weight is 376 g/mol. The van der Waals surface area contributed by atoms with E-state index in [2.05, 4.69) is 56.1 Å². The smallest absolute Gasteiger partial charge is 0.206 e. The normalized spacial score (nSPS) is 14.9. The molecule has 2 aromatic heterocycles. The summed E-state index contributed by atoms with van der Waals surface area (Å²) in [6.07, 6.45) is 0. The number of para-hydroxylation sites is 2. The molecule has 0 amide bonds. The van der Waals surface area contributed by atoms with E-state index in [1.54, 1.807) is 0 Å². The van der Waals surface area contributed by atoms with Gasteiger partial charge in [0.25, 0.3) is 0 Å². The van der Waals surface area contributed by atoms with E-state index < -0.39 is 0 Å². The van der Waals surface area contributed by atoms with E-state index >= 15 is 0 Å². The van der Waals surface area contributed by atoms with Gasteiger partial charge in [-0.05, 0) is 12.1 Å². The second kappa shape index (κ2) is 6.66. The van der Waals surface area contributed by atoms with Gasteiger partial charge in [-0.25, -0.2) is 4.98 Å². The molecular weight excluding hydrogens is 356 g/mol. The molecular formula is C20H20N6S. The standard InChI is InChI=1S/C20H20N6S/c1-24-17-10-6-5-9-16(17)21-19(24)25-11-13-26(14-12-25)20-22-18(23-27-20)15-7-3-2-4-8-15/h2-10H,11-14H2,1H3. The van der Waals surface area contributed by atoms with Crippen molar-refractivity contribution in [2.45, 2.75) is 0 Å². The number of nitrogens with zero attached hydrogens (tertiary/aromatic N) is 6. The van der Waals surface area contributed by atoms with Crippen LogP contribution in [0.2, 0.25) is 0 Å². The summed E-state index contributed by atoms with van der Waals surface area (Å²) in [5, 5.41) is 0.999. The number of aromatic nitrogens is 4. The number of imidazole rings is 1. The number of hydrogen-bond donors (Lipinski definition) is 0. The van der Waals surface area contributed by atoms with Gasteiger partial charge in [-0.1, -0.05) is 42.5 Å². The number of hydrogen-bond acceptors (Lipinski definition) is 6. The molecule has 0 atom stereocenters. The van der Waals surface area contributed by atoms with Crippen molar-refractivity contribution in [2.75, 3.05) is 36.0 Å². The summed E-state index contributed by atoms with van der Waals surface area (Å²) in [4.78, 5) is 14.3. The molecule has 0 spiro atoms. The molecule has 6 nitrogen and oxygen atoms in total. The maximum Gasteiger partial charge on any atom is 0.206 e.